The van der Waals surface area contributed by atoms with Gasteiger partial charge in [0.15, 0.2) is 0 Å². The average Bonchev–Trinajstić information content (AvgIpc) is 2.60. The standard InChI is InChI=1S/C15H32N2O/c1-3-6-14-7-5-10-17(11-8-14)12-9-15(13-18)16-4-2/h14-16,18H,3-13H2,1-2H3. The number of likely N-dealkylation sites (tertiary alicyclic amines) is 1. The topological polar surface area (TPSA) is 35.5 Å². The van der Waals surface area contributed by atoms with E-state index in [0.29, 0.717) is 0 Å². The van der Waals surface area contributed by atoms with Crippen molar-refractivity contribution in [2.75, 3.05) is 32.8 Å². The van der Waals surface area contributed by atoms with Crippen molar-refractivity contribution in [1.82, 2.24) is 10.2 Å². The minimum Gasteiger partial charge on any atom is -0.395 e. The Bertz CT molecular complexity index is 199. The maximum atomic E-state index is 9.27. The fourth-order valence-corrected chi connectivity index (χ4v) is 3.03. The number of hydrogen-bond acceptors (Lipinski definition) is 3. The fraction of sp³-hybridized carbons (Fsp3) is 1.00. The largest absolute Gasteiger partial charge is 0.395 e. The molecule has 0 aliphatic carbocycles. The normalized spacial score (nSPS) is 23.8. The summed E-state index contributed by atoms with van der Waals surface area (Å²) in [6, 6.07) is 0.282. The van der Waals surface area contributed by atoms with Gasteiger partial charge in [-0.3, -0.25) is 0 Å². The Morgan fingerprint density at radius 2 is 2.11 bits per heavy atom. The minimum atomic E-state index is 0.264. The molecule has 0 aromatic rings. The highest BCUT2D eigenvalue weighted by Crippen LogP contribution is 2.21. The van der Waals surface area contributed by atoms with Crippen molar-refractivity contribution in [3.63, 3.8) is 0 Å². The van der Waals surface area contributed by atoms with Crippen LogP contribution in [0.5, 0.6) is 0 Å². The van der Waals surface area contributed by atoms with Gasteiger partial charge in [0.2, 0.25) is 0 Å². The van der Waals surface area contributed by atoms with Gasteiger partial charge in [-0.2, -0.15) is 0 Å². The van der Waals surface area contributed by atoms with Gasteiger partial charge in [0.25, 0.3) is 0 Å². The van der Waals surface area contributed by atoms with Crippen molar-refractivity contribution in [3.05, 3.63) is 0 Å². The zero-order chi connectivity index (χ0) is 13.2. The second kappa shape index (κ2) is 9.76. The van der Waals surface area contributed by atoms with Crippen LogP contribution in [-0.4, -0.2) is 48.8 Å². The molecule has 0 saturated carbocycles. The van der Waals surface area contributed by atoms with Crippen LogP contribution in [0.3, 0.4) is 0 Å². The van der Waals surface area contributed by atoms with E-state index in [4.69, 9.17) is 0 Å². The molecule has 1 saturated heterocycles. The monoisotopic (exact) mass is 256 g/mol. The minimum absolute atomic E-state index is 0.264. The third-order valence-electron chi connectivity index (χ3n) is 4.14. The quantitative estimate of drug-likeness (QED) is 0.699. The number of likely N-dealkylation sites (N-methyl/N-ethyl adjacent to an activating group) is 1. The Balaban J connectivity index is 2.22. The number of nitrogens with one attached hydrogen (secondary N) is 1. The van der Waals surface area contributed by atoms with Crippen LogP contribution in [0.2, 0.25) is 0 Å². The molecule has 1 aliphatic rings. The van der Waals surface area contributed by atoms with Gasteiger partial charge in [-0.15, -0.1) is 0 Å². The lowest BCUT2D eigenvalue weighted by molar-refractivity contribution is 0.208. The van der Waals surface area contributed by atoms with Gasteiger partial charge in [0, 0.05) is 6.04 Å². The maximum Gasteiger partial charge on any atom is 0.0585 e. The van der Waals surface area contributed by atoms with E-state index in [1.165, 1.54) is 45.2 Å². The summed E-state index contributed by atoms with van der Waals surface area (Å²) in [6.45, 7) is 9.26. The summed E-state index contributed by atoms with van der Waals surface area (Å²) >= 11 is 0. The van der Waals surface area contributed by atoms with Gasteiger partial charge in [-0.05, 0) is 57.8 Å². The van der Waals surface area contributed by atoms with Crippen LogP contribution in [0.15, 0.2) is 0 Å². The molecule has 0 radical (unpaired) electrons. The third-order valence-corrected chi connectivity index (χ3v) is 4.14. The molecule has 3 nitrogen and oxygen atoms in total. The SMILES string of the molecule is CCCC1CCCN(CCC(CO)NCC)CC1. The molecule has 1 rings (SSSR count). The second-order valence-electron chi connectivity index (χ2n) is 5.65. The lowest BCUT2D eigenvalue weighted by Crippen LogP contribution is -2.37. The van der Waals surface area contributed by atoms with Crippen LogP contribution >= 0.6 is 0 Å². The van der Waals surface area contributed by atoms with Gasteiger partial charge in [-0.25, -0.2) is 0 Å². The van der Waals surface area contributed by atoms with Crippen molar-refractivity contribution < 1.29 is 5.11 Å². The Hall–Kier alpha value is -0.120. The van der Waals surface area contributed by atoms with Crippen molar-refractivity contribution >= 4 is 0 Å². The van der Waals surface area contributed by atoms with Crippen molar-refractivity contribution in [1.29, 1.82) is 0 Å². The number of rotatable bonds is 8. The summed E-state index contributed by atoms with van der Waals surface area (Å²) in [5.41, 5.74) is 0. The molecule has 1 aliphatic heterocycles. The molecule has 0 aromatic heterocycles. The smallest absolute Gasteiger partial charge is 0.0585 e. The van der Waals surface area contributed by atoms with E-state index in [2.05, 4.69) is 24.1 Å². The Kier molecular flexibility index (Phi) is 8.64. The van der Waals surface area contributed by atoms with Crippen LogP contribution in [0, 0.1) is 5.92 Å². The first-order chi connectivity index (χ1) is 8.80. The van der Waals surface area contributed by atoms with Crippen LogP contribution in [0.25, 0.3) is 0 Å². The molecule has 0 aromatic carbocycles. The second-order valence-corrected chi connectivity index (χ2v) is 5.65. The van der Waals surface area contributed by atoms with Crippen LogP contribution in [0.1, 0.15) is 52.4 Å². The number of nitrogens with zero attached hydrogens (tertiary/aromatic N) is 1. The van der Waals surface area contributed by atoms with Gasteiger partial charge < -0.3 is 15.3 Å². The summed E-state index contributed by atoms with van der Waals surface area (Å²) in [7, 11) is 0. The first-order valence-electron chi connectivity index (χ1n) is 7.86. The van der Waals surface area contributed by atoms with E-state index in [-0.39, 0.29) is 12.6 Å². The van der Waals surface area contributed by atoms with E-state index >= 15 is 0 Å². The molecule has 0 spiro atoms. The lowest BCUT2D eigenvalue weighted by Gasteiger charge is -2.23. The molecule has 0 amide bonds. The predicted molar refractivity (Wildman–Crippen MR) is 77.9 cm³/mol. The molecular formula is C15H32N2O. The van der Waals surface area contributed by atoms with E-state index in [1.54, 1.807) is 0 Å². The summed E-state index contributed by atoms with van der Waals surface area (Å²) in [6.07, 6.45) is 7.96. The summed E-state index contributed by atoms with van der Waals surface area (Å²) in [4.78, 5) is 2.59. The summed E-state index contributed by atoms with van der Waals surface area (Å²) < 4.78 is 0. The lowest BCUT2D eigenvalue weighted by atomic mass is 9.96. The highest BCUT2D eigenvalue weighted by molar-refractivity contribution is 4.73. The molecular weight excluding hydrogens is 224 g/mol. The maximum absolute atomic E-state index is 9.27. The van der Waals surface area contributed by atoms with Crippen LogP contribution < -0.4 is 5.32 Å². The highest BCUT2D eigenvalue weighted by atomic mass is 16.3. The zero-order valence-corrected chi connectivity index (χ0v) is 12.3. The molecule has 2 N–H and O–H groups in total. The van der Waals surface area contributed by atoms with E-state index < -0.39 is 0 Å². The molecule has 2 atom stereocenters. The van der Waals surface area contributed by atoms with E-state index in [9.17, 15) is 5.11 Å². The van der Waals surface area contributed by atoms with Crippen LogP contribution in [0.4, 0.5) is 0 Å². The molecule has 1 heterocycles. The van der Waals surface area contributed by atoms with Crippen LogP contribution in [-0.2, 0) is 0 Å². The Morgan fingerprint density at radius 1 is 1.28 bits per heavy atom. The van der Waals surface area contributed by atoms with Gasteiger partial charge in [-0.1, -0.05) is 26.7 Å². The van der Waals surface area contributed by atoms with Gasteiger partial charge in [0.1, 0.15) is 0 Å². The number of aliphatic hydroxyl groups excluding tert-OH is 1. The third kappa shape index (κ3) is 6.17. The number of aliphatic hydroxyl groups is 1. The van der Waals surface area contributed by atoms with Gasteiger partial charge in [0.05, 0.1) is 6.61 Å². The molecule has 108 valence electrons. The molecule has 18 heavy (non-hydrogen) atoms. The Labute approximate surface area is 113 Å². The Morgan fingerprint density at radius 3 is 2.78 bits per heavy atom. The fourth-order valence-electron chi connectivity index (χ4n) is 3.03. The van der Waals surface area contributed by atoms with E-state index in [0.717, 1.165) is 25.4 Å². The molecule has 2 unspecified atom stereocenters. The molecule has 0 bridgehead atoms. The van der Waals surface area contributed by atoms with Crippen molar-refractivity contribution in [2.45, 2.75) is 58.4 Å². The average molecular weight is 256 g/mol. The van der Waals surface area contributed by atoms with Crippen molar-refractivity contribution in [2.24, 2.45) is 5.92 Å². The highest BCUT2D eigenvalue weighted by Gasteiger charge is 2.17. The van der Waals surface area contributed by atoms with E-state index in [1.807, 2.05) is 0 Å². The molecule has 3 heteroatoms. The first-order valence-corrected chi connectivity index (χ1v) is 7.86. The number of hydrogen-bond donors (Lipinski definition) is 2. The van der Waals surface area contributed by atoms with Crippen molar-refractivity contribution in [3.8, 4) is 0 Å². The predicted octanol–water partition coefficient (Wildman–Crippen LogP) is 2.25. The summed E-state index contributed by atoms with van der Waals surface area (Å²) in [5.74, 6) is 0.961. The molecule has 1 fully saturated rings. The van der Waals surface area contributed by atoms with Gasteiger partial charge >= 0.3 is 0 Å². The first kappa shape index (κ1) is 15.9. The summed E-state index contributed by atoms with van der Waals surface area (Å²) in [5, 5.41) is 12.6. The zero-order valence-electron chi connectivity index (χ0n) is 12.3.